The van der Waals surface area contributed by atoms with Gasteiger partial charge in [-0.1, -0.05) is 91.0 Å². The molecule has 0 heterocycles. The second kappa shape index (κ2) is 10.9. The number of nitrogens with zero attached hydrogens (tertiary/aromatic N) is 1. The molecular weight excluding hydrogens is 481 g/mol. The van der Waals surface area contributed by atoms with Crippen LogP contribution in [0.4, 0.5) is 0 Å². The van der Waals surface area contributed by atoms with Crippen molar-refractivity contribution in [2.45, 2.75) is 24.7 Å². The van der Waals surface area contributed by atoms with Gasteiger partial charge in [-0.3, -0.25) is 4.79 Å². The summed E-state index contributed by atoms with van der Waals surface area (Å²) in [6, 6.07) is 31.0. The van der Waals surface area contributed by atoms with E-state index in [0.29, 0.717) is 12.2 Å². The minimum absolute atomic E-state index is 0. The van der Waals surface area contributed by atoms with Gasteiger partial charge in [0.25, 0.3) is 0 Å². The third-order valence-corrected chi connectivity index (χ3v) is 5.65. The largest absolute Gasteiger partial charge is 1.00 e. The standard InChI is InChI=1S/C27H32NO.HI/c1-28(2,3)22-21-27(24-15-9-5-10-16-24,25-17-11-6-12-18-25)26(29)20-19-23-13-7-4-8-14-23;/h4-18H,19-22H2,1-3H3;1H/q+1;/p-1. The van der Waals surface area contributed by atoms with E-state index in [-0.39, 0.29) is 24.0 Å². The average molecular weight is 513 g/mol. The quantitative estimate of drug-likeness (QED) is 0.317. The lowest BCUT2D eigenvalue weighted by molar-refractivity contribution is -0.870. The first kappa shape index (κ1) is 24.3. The summed E-state index contributed by atoms with van der Waals surface area (Å²) in [5.74, 6) is 0.298. The van der Waals surface area contributed by atoms with E-state index in [4.69, 9.17) is 0 Å². The highest BCUT2D eigenvalue weighted by molar-refractivity contribution is 5.94. The number of ketones is 1. The summed E-state index contributed by atoms with van der Waals surface area (Å²) in [5, 5.41) is 0. The second-order valence-electron chi connectivity index (χ2n) is 8.81. The molecule has 0 saturated carbocycles. The van der Waals surface area contributed by atoms with E-state index in [0.717, 1.165) is 35.0 Å². The number of hydrogen-bond acceptors (Lipinski definition) is 1. The highest BCUT2D eigenvalue weighted by Gasteiger charge is 2.42. The van der Waals surface area contributed by atoms with Crippen molar-refractivity contribution in [1.82, 2.24) is 0 Å². The molecule has 0 saturated heterocycles. The van der Waals surface area contributed by atoms with Gasteiger partial charge >= 0.3 is 0 Å². The molecule has 0 aromatic heterocycles. The summed E-state index contributed by atoms with van der Waals surface area (Å²) < 4.78 is 0.827. The van der Waals surface area contributed by atoms with Gasteiger partial charge < -0.3 is 28.5 Å². The van der Waals surface area contributed by atoms with Gasteiger partial charge in [-0.15, -0.1) is 0 Å². The first-order valence-corrected chi connectivity index (χ1v) is 10.4. The van der Waals surface area contributed by atoms with E-state index in [1.807, 2.05) is 54.6 Å². The molecule has 3 heteroatoms. The van der Waals surface area contributed by atoms with Crippen molar-refractivity contribution >= 4 is 5.78 Å². The summed E-state index contributed by atoms with van der Waals surface area (Å²) >= 11 is 0. The number of Topliss-reactive ketones (excluding diaryl/α,β-unsaturated/α-hetero) is 1. The van der Waals surface area contributed by atoms with Crippen molar-refractivity contribution in [3.05, 3.63) is 108 Å². The van der Waals surface area contributed by atoms with Crippen LogP contribution in [0.15, 0.2) is 91.0 Å². The van der Waals surface area contributed by atoms with E-state index < -0.39 is 5.41 Å². The van der Waals surface area contributed by atoms with Crippen LogP contribution in [0, 0.1) is 0 Å². The maximum absolute atomic E-state index is 13.9. The van der Waals surface area contributed by atoms with Gasteiger partial charge in [0.2, 0.25) is 0 Å². The number of aryl methyl sites for hydroxylation is 1. The molecule has 0 fully saturated rings. The molecule has 0 spiro atoms. The van der Waals surface area contributed by atoms with Crippen LogP contribution >= 0.6 is 0 Å². The van der Waals surface area contributed by atoms with E-state index in [2.05, 4.69) is 57.5 Å². The minimum Gasteiger partial charge on any atom is -1.00 e. The molecule has 3 aromatic rings. The summed E-state index contributed by atoms with van der Waals surface area (Å²) in [5.41, 5.74) is 2.78. The Labute approximate surface area is 198 Å². The first-order chi connectivity index (χ1) is 13.9. The molecule has 0 bridgehead atoms. The van der Waals surface area contributed by atoms with E-state index >= 15 is 0 Å². The van der Waals surface area contributed by atoms with Crippen LogP contribution in [0.25, 0.3) is 0 Å². The van der Waals surface area contributed by atoms with Crippen LogP contribution in [0.1, 0.15) is 29.5 Å². The Kier molecular flexibility index (Phi) is 8.80. The third kappa shape index (κ3) is 6.02. The number of rotatable bonds is 9. The Balaban J connectivity index is 0.00000320. The Morgan fingerprint density at radius 1 is 0.733 bits per heavy atom. The number of hydrogen-bond donors (Lipinski definition) is 0. The van der Waals surface area contributed by atoms with Crippen molar-refractivity contribution in [2.75, 3.05) is 27.7 Å². The Hall–Kier alpha value is -1.98. The molecule has 0 atom stereocenters. The van der Waals surface area contributed by atoms with Gasteiger partial charge in [0.15, 0.2) is 0 Å². The molecule has 2 nitrogen and oxygen atoms in total. The van der Waals surface area contributed by atoms with Gasteiger partial charge in [-0.05, 0) is 23.1 Å². The molecule has 0 N–H and O–H groups in total. The van der Waals surface area contributed by atoms with Gasteiger partial charge in [0.05, 0.1) is 33.1 Å². The van der Waals surface area contributed by atoms with E-state index in [1.165, 1.54) is 5.56 Å². The fourth-order valence-corrected chi connectivity index (χ4v) is 3.98. The van der Waals surface area contributed by atoms with Gasteiger partial charge in [-0.2, -0.15) is 0 Å². The summed E-state index contributed by atoms with van der Waals surface area (Å²) in [6.07, 6.45) is 2.09. The van der Waals surface area contributed by atoms with Crippen LogP contribution in [0.3, 0.4) is 0 Å². The Morgan fingerprint density at radius 2 is 1.17 bits per heavy atom. The summed E-state index contributed by atoms with van der Waals surface area (Å²) in [6.45, 7) is 0.918. The highest BCUT2D eigenvalue weighted by atomic mass is 127. The van der Waals surface area contributed by atoms with E-state index in [9.17, 15) is 4.79 Å². The van der Waals surface area contributed by atoms with Gasteiger partial charge in [0.1, 0.15) is 5.78 Å². The van der Waals surface area contributed by atoms with Crippen LogP contribution in [-0.2, 0) is 16.6 Å². The molecular formula is C27H32INO. The normalized spacial score (nSPS) is 11.6. The predicted octanol–water partition coefficient (Wildman–Crippen LogP) is 2.27. The monoisotopic (exact) mass is 513 g/mol. The van der Waals surface area contributed by atoms with Crippen LogP contribution in [0.5, 0.6) is 0 Å². The van der Waals surface area contributed by atoms with Crippen molar-refractivity contribution < 1.29 is 33.3 Å². The number of halogens is 1. The van der Waals surface area contributed by atoms with Gasteiger partial charge in [-0.25, -0.2) is 0 Å². The predicted molar refractivity (Wildman–Crippen MR) is 121 cm³/mol. The SMILES string of the molecule is C[N+](C)(C)CCC(C(=O)CCc1ccccc1)(c1ccccc1)c1ccccc1.[I-]. The number of carbonyl (C=O) groups is 1. The lowest BCUT2D eigenvalue weighted by Crippen LogP contribution is -3.00. The molecule has 158 valence electrons. The van der Waals surface area contributed by atoms with Crippen LogP contribution < -0.4 is 24.0 Å². The van der Waals surface area contributed by atoms with Crippen molar-refractivity contribution in [1.29, 1.82) is 0 Å². The average Bonchev–Trinajstić information content (AvgIpc) is 2.74. The zero-order chi connectivity index (χ0) is 20.7. The first-order valence-electron chi connectivity index (χ1n) is 10.4. The molecule has 0 aliphatic rings. The Bertz CT molecular complexity index is 862. The van der Waals surface area contributed by atoms with Crippen molar-refractivity contribution in [3.8, 4) is 0 Å². The van der Waals surface area contributed by atoms with Crippen molar-refractivity contribution in [2.24, 2.45) is 0 Å². The lowest BCUT2D eigenvalue weighted by Gasteiger charge is -2.36. The van der Waals surface area contributed by atoms with Crippen LogP contribution in [-0.4, -0.2) is 38.0 Å². The fraction of sp³-hybridized carbons (Fsp3) is 0.296. The highest BCUT2D eigenvalue weighted by Crippen LogP contribution is 2.38. The smallest absolute Gasteiger partial charge is 0.148 e. The van der Waals surface area contributed by atoms with Crippen LogP contribution in [0.2, 0.25) is 0 Å². The molecule has 0 aliphatic heterocycles. The number of benzene rings is 3. The van der Waals surface area contributed by atoms with Gasteiger partial charge in [0, 0.05) is 12.8 Å². The topological polar surface area (TPSA) is 17.1 Å². The van der Waals surface area contributed by atoms with E-state index in [1.54, 1.807) is 0 Å². The summed E-state index contributed by atoms with van der Waals surface area (Å²) in [4.78, 5) is 13.9. The molecule has 0 unspecified atom stereocenters. The number of quaternary nitrogens is 1. The molecule has 3 aromatic carbocycles. The molecule has 0 aliphatic carbocycles. The maximum atomic E-state index is 13.9. The molecule has 3 rings (SSSR count). The zero-order valence-electron chi connectivity index (χ0n) is 18.2. The lowest BCUT2D eigenvalue weighted by atomic mass is 9.67. The third-order valence-electron chi connectivity index (χ3n) is 5.65. The zero-order valence-corrected chi connectivity index (χ0v) is 20.4. The minimum atomic E-state index is -0.622. The van der Waals surface area contributed by atoms with Crippen molar-refractivity contribution in [3.63, 3.8) is 0 Å². The fourth-order valence-electron chi connectivity index (χ4n) is 3.98. The maximum Gasteiger partial charge on any atom is 0.148 e. The molecule has 30 heavy (non-hydrogen) atoms. The molecule has 0 radical (unpaired) electrons. The second-order valence-corrected chi connectivity index (χ2v) is 8.81. The number of carbonyl (C=O) groups excluding carboxylic acids is 1. The Morgan fingerprint density at radius 3 is 1.60 bits per heavy atom. The molecule has 0 amide bonds. The summed E-state index contributed by atoms with van der Waals surface area (Å²) in [7, 11) is 6.57.